The number of nitrogens with one attached hydrogen (secondary N) is 2. The molecule has 1 unspecified atom stereocenters. The molecule has 0 aliphatic carbocycles. The van der Waals surface area contributed by atoms with Crippen LogP contribution in [0.2, 0.25) is 5.02 Å². The molecule has 0 radical (unpaired) electrons. The first kappa shape index (κ1) is 19.1. The smallest absolute Gasteiger partial charge is 0.251 e. The lowest BCUT2D eigenvalue weighted by Crippen LogP contribution is -2.37. The van der Waals surface area contributed by atoms with Crippen molar-refractivity contribution in [3.8, 4) is 11.5 Å². The Kier molecular flexibility index (Phi) is 7.10. The first-order valence-corrected chi connectivity index (χ1v) is 8.42. The van der Waals surface area contributed by atoms with Gasteiger partial charge in [0.15, 0.2) is 11.5 Å². The van der Waals surface area contributed by atoms with Gasteiger partial charge in [0, 0.05) is 23.2 Å². The van der Waals surface area contributed by atoms with Gasteiger partial charge in [0.1, 0.15) is 6.61 Å². The number of ether oxygens (including phenoxy) is 2. The molecule has 0 aliphatic heterocycles. The molecule has 134 valence electrons. The Labute approximate surface area is 153 Å². The van der Waals surface area contributed by atoms with E-state index in [1.165, 1.54) is 0 Å². The highest BCUT2D eigenvalue weighted by Crippen LogP contribution is 2.29. The third-order valence-corrected chi connectivity index (χ3v) is 4.05. The molecule has 0 saturated heterocycles. The van der Waals surface area contributed by atoms with Crippen LogP contribution in [0, 0.1) is 0 Å². The van der Waals surface area contributed by atoms with Gasteiger partial charge in [-0.2, -0.15) is 0 Å². The van der Waals surface area contributed by atoms with Gasteiger partial charge in [0.2, 0.25) is 0 Å². The van der Waals surface area contributed by atoms with Gasteiger partial charge in [-0.3, -0.25) is 4.79 Å². The van der Waals surface area contributed by atoms with Gasteiger partial charge in [0.25, 0.3) is 5.91 Å². The summed E-state index contributed by atoms with van der Waals surface area (Å²) < 4.78 is 11.1. The quantitative estimate of drug-likeness (QED) is 0.756. The van der Waals surface area contributed by atoms with Crippen molar-refractivity contribution in [2.75, 3.05) is 20.7 Å². The molecule has 0 heterocycles. The van der Waals surface area contributed by atoms with E-state index in [0.29, 0.717) is 35.2 Å². The zero-order valence-electron chi connectivity index (χ0n) is 14.6. The van der Waals surface area contributed by atoms with E-state index in [4.69, 9.17) is 21.1 Å². The zero-order chi connectivity index (χ0) is 18.2. The van der Waals surface area contributed by atoms with Crippen molar-refractivity contribution in [1.29, 1.82) is 0 Å². The fraction of sp³-hybridized carbons (Fsp3) is 0.316. The van der Waals surface area contributed by atoms with Crippen molar-refractivity contribution in [3.05, 3.63) is 58.6 Å². The summed E-state index contributed by atoms with van der Waals surface area (Å²) in [5, 5.41) is 6.63. The largest absolute Gasteiger partial charge is 0.493 e. The third kappa shape index (κ3) is 5.66. The van der Waals surface area contributed by atoms with E-state index in [-0.39, 0.29) is 11.9 Å². The Hall–Kier alpha value is -2.24. The molecule has 0 aliphatic rings. The van der Waals surface area contributed by atoms with E-state index < -0.39 is 0 Å². The van der Waals surface area contributed by atoms with Crippen LogP contribution in [0.3, 0.4) is 0 Å². The van der Waals surface area contributed by atoms with Crippen LogP contribution in [-0.4, -0.2) is 32.7 Å². The van der Waals surface area contributed by atoms with Gasteiger partial charge in [-0.05, 0) is 49.9 Å². The predicted molar refractivity (Wildman–Crippen MR) is 99.6 cm³/mol. The second kappa shape index (κ2) is 9.30. The number of methoxy groups -OCH3 is 1. The summed E-state index contributed by atoms with van der Waals surface area (Å²) in [6.45, 7) is 2.93. The minimum atomic E-state index is -0.148. The Morgan fingerprint density at radius 3 is 2.52 bits per heavy atom. The number of hydrogen-bond acceptors (Lipinski definition) is 4. The van der Waals surface area contributed by atoms with Crippen LogP contribution in [0.5, 0.6) is 11.5 Å². The average Bonchev–Trinajstić information content (AvgIpc) is 2.65. The second-order valence-electron chi connectivity index (χ2n) is 5.68. The van der Waals surface area contributed by atoms with Crippen molar-refractivity contribution >= 4 is 17.5 Å². The molecule has 2 rings (SSSR count). The molecule has 0 bridgehead atoms. The first-order chi connectivity index (χ1) is 12.0. The third-order valence-electron chi connectivity index (χ3n) is 3.80. The maximum atomic E-state index is 12.2. The highest BCUT2D eigenvalue weighted by atomic mass is 35.5. The number of benzene rings is 2. The van der Waals surface area contributed by atoms with Gasteiger partial charge in [-0.15, -0.1) is 0 Å². The SMILES string of the molecule is CNC(C)CNC(=O)c1ccc(OCc2ccc(Cl)cc2)c(OC)c1. The van der Waals surface area contributed by atoms with E-state index in [1.54, 1.807) is 25.3 Å². The molecule has 2 aromatic rings. The number of hydrogen-bond donors (Lipinski definition) is 2. The second-order valence-corrected chi connectivity index (χ2v) is 6.12. The number of halogens is 1. The fourth-order valence-corrected chi connectivity index (χ4v) is 2.25. The Balaban J connectivity index is 2.02. The van der Waals surface area contributed by atoms with E-state index in [2.05, 4.69) is 10.6 Å². The van der Waals surface area contributed by atoms with E-state index >= 15 is 0 Å². The maximum absolute atomic E-state index is 12.2. The molecule has 0 fully saturated rings. The highest BCUT2D eigenvalue weighted by Gasteiger charge is 2.12. The van der Waals surface area contributed by atoms with Gasteiger partial charge >= 0.3 is 0 Å². The molecule has 1 atom stereocenters. The number of rotatable bonds is 8. The molecule has 2 N–H and O–H groups in total. The van der Waals surface area contributed by atoms with E-state index in [9.17, 15) is 4.79 Å². The van der Waals surface area contributed by atoms with Crippen molar-refractivity contribution < 1.29 is 14.3 Å². The minimum Gasteiger partial charge on any atom is -0.493 e. The maximum Gasteiger partial charge on any atom is 0.251 e. The predicted octanol–water partition coefficient (Wildman–Crippen LogP) is 3.27. The molecule has 5 nitrogen and oxygen atoms in total. The molecule has 0 aromatic heterocycles. The monoisotopic (exact) mass is 362 g/mol. The van der Waals surface area contributed by atoms with E-state index in [1.807, 2.05) is 38.2 Å². The summed E-state index contributed by atoms with van der Waals surface area (Å²) >= 11 is 5.88. The number of likely N-dealkylation sites (N-methyl/N-ethyl adjacent to an activating group) is 1. The summed E-state index contributed by atoms with van der Waals surface area (Å²) in [5.74, 6) is 0.950. The van der Waals surface area contributed by atoms with Gasteiger partial charge in [0.05, 0.1) is 7.11 Å². The van der Waals surface area contributed by atoms with Crippen LogP contribution < -0.4 is 20.1 Å². The Morgan fingerprint density at radius 1 is 1.16 bits per heavy atom. The normalized spacial score (nSPS) is 11.7. The number of amides is 1. The lowest BCUT2D eigenvalue weighted by atomic mass is 10.1. The minimum absolute atomic E-state index is 0.148. The molecule has 0 saturated carbocycles. The van der Waals surface area contributed by atoms with Crippen molar-refractivity contribution in [2.45, 2.75) is 19.6 Å². The molecular formula is C19H23ClN2O3. The van der Waals surface area contributed by atoms with Crippen LogP contribution in [-0.2, 0) is 6.61 Å². The summed E-state index contributed by atoms with van der Waals surface area (Å²) in [6.07, 6.45) is 0. The molecule has 0 spiro atoms. The molecule has 25 heavy (non-hydrogen) atoms. The Morgan fingerprint density at radius 2 is 1.88 bits per heavy atom. The van der Waals surface area contributed by atoms with Crippen molar-refractivity contribution in [3.63, 3.8) is 0 Å². The lowest BCUT2D eigenvalue weighted by Gasteiger charge is -2.14. The van der Waals surface area contributed by atoms with Gasteiger partial charge < -0.3 is 20.1 Å². The molecule has 2 aromatic carbocycles. The van der Waals surface area contributed by atoms with Crippen LogP contribution in [0.4, 0.5) is 0 Å². The Bertz CT molecular complexity index is 704. The topological polar surface area (TPSA) is 59.6 Å². The zero-order valence-corrected chi connectivity index (χ0v) is 15.4. The number of carbonyl (C=O) groups excluding carboxylic acids is 1. The van der Waals surface area contributed by atoms with E-state index in [0.717, 1.165) is 5.56 Å². The molecule has 6 heteroatoms. The van der Waals surface area contributed by atoms with Crippen molar-refractivity contribution in [2.24, 2.45) is 0 Å². The van der Waals surface area contributed by atoms with Crippen LogP contribution >= 0.6 is 11.6 Å². The standard InChI is InChI=1S/C19H23ClN2O3/c1-13(21-2)11-22-19(23)15-6-9-17(18(10-15)24-3)25-12-14-4-7-16(20)8-5-14/h4-10,13,21H,11-12H2,1-3H3,(H,22,23). The average molecular weight is 363 g/mol. The van der Waals surface area contributed by atoms with Crippen molar-refractivity contribution in [1.82, 2.24) is 10.6 Å². The van der Waals surface area contributed by atoms with Gasteiger partial charge in [-0.1, -0.05) is 23.7 Å². The van der Waals surface area contributed by atoms with Crippen LogP contribution in [0.15, 0.2) is 42.5 Å². The van der Waals surface area contributed by atoms with Crippen LogP contribution in [0.1, 0.15) is 22.8 Å². The van der Waals surface area contributed by atoms with Gasteiger partial charge in [-0.25, -0.2) is 0 Å². The first-order valence-electron chi connectivity index (χ1n) is 8.04. The summed E-state index contributed by atoms with van der Waals surface area (Å²) in [7, 11) is 3.40. The highest BCUT2D eigenvalue weighted by molar-refractivity contribution is 6.30. The molecule has 1 amide bonds. The summed E-state index contributed by atoms with van der Waals surface area (Å²) in [4.78, 5) is 12.2. The lowest BCUT2D eigenvalue weighted by molar-refractivity contribution is 0.0950. The molecular weight excluding hydrogens is 340 g/mol. The summed E-state index contributed by atoms with van der Waals surface area (Å²) in [5.41, 5.74) is 1.52. The number of carbonyl (C=O) groups is 1. The van der Waals surface area contributed by atoms with Crippen LogP contribution in [0.25, 0.3) is 0 Å². The summed E-state index contributed by atoms with van der Waals surface area (Å²) in [6, 6.07) is 12.8. The fourth-order valence-electron chi connectivity index (χ4n) is 2.12.